The number of H-pyrrole nitrogens is 1. The third kappa shape index (κ3) is 2.22. The van der Waals surface area contributed by atoms with Gasteiger partial charge in [0, 0.05) is 15.6 Å². The summed E-state index contributed by atoms with van der Waals surface area (Å²) < 4.78 is 1.02. The first kappa shape index (κ1) is 12.2. The molecule has 0 fully saturated rings. The SMILES string of the molecule is Cc1cccc2c(=O)[nH]c(-c3ccc(Br)cc3)cc12. The highest BCUT2D eigenvalue weighted by atomic mass is 79.9. The Bertz CT molecular complexity index is 803. The molecule has 0 aliphatic heterocycles. The molecule has 0 unspecified atom stereocenters. The number of hydrogen-bond donors (Lipinski definition) is 1. The average Bonchev–Trinajstić information content (AvgIpc) is 2.41. The van der Waals surface area contributed by atoms with Crippen molar-refractivity contribution in [2.75, 3.05) is 0 Å². The molecule has 3 heteroatoms. The van der Waals surface area contributed by atoms with Gasteiger partial charge in [0.25, 0.3) is 5.56 Å². The van der Waals surface area contributed by atoms with Crippen LogP contribution >= 0.6 is 15.9 Å². The second-order valence-electron chi connectivity index (χ2n) is 4.56. The van der Waals surface area contributed by atoms with Gasteiger partial charge in [0.15, 0.2) is 0 Å². The Morgan fingerprint density at radius 1 is 1.00 bits per heavy atom. The minimum absolute atomic E-state index is 0.0425. The molecule has 1 aromatic heterocycles. The third-order valence-corrected chi connectivity index (χ3v) is 3.79. The lowest BCUT2D eigenvalue weighted by Gasteiger charge is -2.06. The lowest BCUT2D eigenvalue weighted by molar-refractivity contribution is 1.27. The Morgan fingerprint density at radius 3 is 2.47 bits per heavy atom. The third-order valence-electron chi connectivity index (χ3n) is 3.26. The van der Waals surface area contributed by atoms with Crippen LogP contribution in [0.3, 0.4) is 0 Å². The summed E-state index contributed by atoms with van der Waals surface area (Å²) >= 11 is 3.41. The smallest absolute Gasteiger partial charge is 0.256 e. The number of aromatic nitrogens is 1. The van der Waals surface area contributed by atoms with Crippen LogP contribution in [-0.4, -0.2) is 4.98 Å². The quantitative estimate of drug-likeness (QED) is 0.715. The fourth-order valence-electron chi connectivity index (χ4n) is 2.23. The highest BCUT2D eigenvalue weighted by molar-refractivity contribution is 9.10. The van der Waals surface area contributed by atoms with Gasteiger partial charge in [-0.25, -0.2) is 0 Å². The minimum Gasteiger partial charge on any atom is -0.321 e. The van der Waals surface area contributed by atoms with Gasteiger partial charge in [0.2, 0.25) is 0 Å². The standard InChI is InChI=1S/C16H12BrNO/c1-10-3-2-4-13-14(10)9-15(18-16(13)19)11-5-7-12(17)8-6-11/h2-9H,1H3,(H,18,19). The van der Waals surface area contributed by atoms with E-state index in [1.165, 1.54) is 0 Å². The Balaban J connectivity index is 2.29. The van der Waals surface area contributed by atoms with Crippen molar-refractivity contribution in [1.29, 1.82) is 0 Å². The van der Waals surface area contributed by atoms with Gasteiger partial charge in [0.1, 0.15) is 0 Å². The largest absolute Gasteiger partial charge is 0.321 e. The summed E-state index contributed by atoms with van der Waals surface area (Å²) in [5.41, 5.74) is 2.92. The summed E-state index contributed by atoms with van der Waals surface area (Å²) in [4.78, 5) is 15.1. The highest BCUT2D eigenvalue weighted by Crippen LogP contribution is 2.23. The van der Waals surface area contributed by atoms with Gasteiger partial charge >= 0.3 is 0 Å². The maximum absolute atomic E-state index is 12.1. The van der Waals surface area contributed by atoms with Crippen LogP contribution in [0.4, 0.5) is 0 Å². The van der Waals surface area contributed by atoms with Crippen molar-refractivity contribution in [1.82, 2.24) is 4.98 Å². The maximum Gasteiger partial charge on any atom is 0.256 e. The fourth-order valence-corrected chi connectivity index (χ4v) is 2.49. The van der Waals surface area contributed by atoms with Crippen molar-refractivity contribution in [2.24, 2.45) is 0 Å². The van der Waals surface area contributed by atoms with Crippen LogP contribution < -0.4 is 5.56 Å². The van der Waals surface area contributed by atoms with E-state index in [0.29, 0.717) is 0 Å². The fraction of sp³-hybridized carbons (Fsp3) is 0.0625. The molecular formula is C16H12BrNO. The lowest BCUT2D eigenvalue weighted by atomic mass is 10.0. The van der Waals surface area contributed by atoms with Crippen molar-refractivity contribution in [2.45, 2.75) is 6.92 Å². The van der Waals surface area contributed by atoms with Crippen LogP contribution in [0.15, 0.2) is 57.8 Å². The minimum atomic E-state index is -0.0425. The number of aromatic amines is 1. The first-order valence-electron chi connectivity index (χ1n) is 6.04. The molecule has 0 amide bonds. The zero-order valence-electron chi connectivity index (χ0n) is 10.4. The normalized spacial score (nSPS) is 10.8. The number of nitrogens with one attached hydrogen (secondary N) is 1. The van der Waals surface area contributed by atoms with Gasteiger partial charge in [-0.15, -0.1) is 0 Å². The molecule has 0 saturated carbocycles. The molecule has 3 rings (SSSR count). The summed E-state index contributed by atoms with van der Waals surface area (Å²) in [7, 11) is 0. The van der Waals surface area contributed by atoms with Gasteiger partial charge in [0.05, 0.1) is 0 Å². The van der Waals surface area contributed by atoms with Gasteiger partial charge in [-0.05, 0) is 47.7 Å². The van der Waals surface area contributed by atoms with E-state index >= 15 is 0 Å². The Morgan fingerprint density at radius 2 is 1.74 bits per heavy atom. The summed E-state index contributed by atoms with van der Waals surface area (Å²) in [6.07, 6.45) is 0. The maximum atomic E-state index is 12.1. The number of rotatable bonds is 1. The summed E-state index contributed by atoms with van der Waals surface area (Å²) in [5, 5.41) is 1.74. The molecule has 1 heterocycles. The van der Waals surface area contributed by atoms with E-state index in [9.17, 15) is 4.79 Å². The van der Waals surface area contributed by atoms with Crippen molar-refractivity contribution in [3.63, 3.8) is 0 Å². The number of aryl methyl sites for hydroxylation is 1. The van der Waals surface area contributed by atoms with Crippen molar-refractivity contribution < 1.29 is 0 Å². The second-order valence-corrected chi connectivity index (χ2v) is 5.47. The number of halogens is 1. The molecule has 0 atom stereocenters. The van der Waals surface area contributed by atoms with E-state index in [1.54, 1.807) is 0 Å². The van der Waals surface area contributed by atoms with Crippen LogP contribution in [0.5, 0.6) is 0 Å². The molecule has 2 aromatic carbocycles. The number of hydrogen-bond acceptors (Lipinski definition) is 1. The molecule has 0 radical (unpaired) electrons. The highest BCUT2D eigenvalue weighted by Gasteiger charge is 2.05. The number of fused-ring (bicyclic) bond motifs is 1. The van der Waals surface area contributed by atoms with Gasteiger partial charge in [-0.3, -0.25) is 4.79 Å². The summed E-state index contributed by atoms with van der Waals surface area (Å²) in [6, 6.07) is 15.7. The van der Waals surface area contributed by atoms with E-state index < -0.39 is 0 Å². The van der Waals surface area contributed by atoms with E-state index in [-0.39, 0.29) is 5.56 Å². The molecule has 0 spiro atoms. The predicted octanol–water partition coefficient (Wildman–Crippen LogP) is 4.27. The molecule has 0 saturated heterocycles. The Kier molecular flexibility index (Phi) is 2.99. The zero-order chi connectivity index (χ0) is 13.4. The molecule has 0 aliphatic rings. The van der Waals surface area contributed by atoms with E-state index in [1.807, 2.05) is 55.5 Å². The van der Waals surface area contributed by atoms with Gasteiger partial charge < -0.3 is 4.98 Å². The Hall–Kier alpha value is -1.87. The monoisotopic (exact) mass is 313 g/mol. The van der Waals surface area contributed by atoms with E-state index in [4.69, 9.17) is 0 Å². The zero-order valence-corrected chi connectivity index (χ0v) is 12.0. The Labute approximate surface area is 119 Å². The molecule has 19 heavy (non-hydrogen) atoms. The van der Waals surface area contributed by atoms with Gasteiger partial charge in [-0.2, -0.15) is 0 Å². The molecule has 0 bridgehead atoms. The van der Waals surface area contributed by atoms with Crippen LogP contribution in [0, 0.1) is 6.92 Å². The topological polar surface area (TPSA) is 32.9 Å². The second kappa shape index (κ2) is 4.67. The molecule has 1 N–H and O–H groups in total. The van der Waals surface area contributed by atoms with Crippen LogP contribution in [0.25, 0.3) is 22.0 Å². The molecule has 2 nitrogen and oxygen atoms in total. The van der Waals surface area contributed by atoms with Crippen molar-refractivity contribution >= 4 is 26.7 Å². The van der Waals surface area contributed by atoms with E-state index in [2.05, 4.69) is 20.9 Å². The van der Waals surface area contributed by atoms with Crippen molar-refractivity contribution in [3.05, 3.63) is 68.9 Å². The molecular weight excluding hydrogens is 302 g/mol. The molecule has 0 aliphatic carbocycles. The number of pyridine rings is 1. The first-order chi connectivity index (χ1) is 9.15. The van der Waals surface area contributed by atoms with Crippen LogP contribution in [0.2, 0.25) is 0 Å². The lowest BCUT2D eigenvalue weighted by Crippen LogP contribution is -2.07. The van der Waals surface area contributed by atoms with E-state index in [0.717, 1.165) is 32.1 Å². The molecule has 3 aromatic rings. The van der Waals surface area contributed by atoms with Crippen LogP contribution in [0.1, 0.15) is 5.56 Å². The number of benzene rings is 2. The average molecular weight is 314 g/mol. The summed E-state index contributed by atoms with van der Waals surface area (Å²) in [6.45, 7) is 2.02. The van der Waals surface area contributed by atoms with Crippen LogP contribution in [-0.2, 0) is 0 Å². The van der Waals surface area contributed by atoms with Crippen molar-refractivity contribution in [3.8, 4) is 11.3 Å². The predicted molar refractivity (Wildman–Crippen MR) is 82.4 cm³/mol. The molecule has 94 valence electrons. The van der Waals surface area contributed by atoms with Gasteiger partial charge in [-0.1, -0.05) is 40.2 Å². The first-order valence-corrected chi connectivity index (χ1v) is 6.83. The summed E-state index contributed by atoms with van der Waals surface area (Å²) in [5.74, 6) is 0.